The Labute approximate surface area is 128 Å². The van der Waals surface area contributed by atoms with Gasteiger partial charge in [-0.15, -0.1) is 0 Å². The van der Waals surface area contributed by atoms with E-state index in [1.807, 2.05) is 6.07 Å². The lowest BCUT2D eigenvalue weighted by Gasteiger charge is -2.12. The number of amides is 1. The van der Waals surface area contributed by atoms with Crippen LogP contribution >= 0.6 is 0 Å². The molecule has 2 aromatic rings. The van der Waals surface area contributed by atoms with E-state index in [9.17, 15) is 9.59 Å². The molecule has 0 aliphatic carbocycles. The zero-order valence-corrected chi connectivity index (χ0v) is 12.7. The van der Waals surface area contributed by atoms with E-state index in [4.69, 9.17) is 9.84 Å². The third-order valence-electron chi connectivity index (χ3n) is 3.28. The van der Waals surface area contributed by atoms with Gasteiger partial charge in [-0.3, -0.25) is 4.79 Å². The minimum atomic E-state index is -1.04. The molecule has 0 saturated heterocycles. The second-order valence-electron chi connectivity index (χ2n) is 5.00. The van der Waals surface area contributed by atoms with Gasteiger partial charge < -0.3 is 14.7 Å². The molecule has 2 aromatic carbocycles. The molecule has 5 nitrogen and oxygen atoms in total. The molecule has 0 unspecified atom stereocenters. The van der Waals surface area contributed by atoms with Crippen molar-refractivity contribution < 1.29 is 19.4 Å². The lowest BCUT2D eigenvalue weighted by atomic mass is 10.0. The summed E-state index contributed by atoms with van der Waals surface area (Å²) in [6.07, 6.45) is 0. The summed E-state index contributed by atoms with van der Waals surface area (Å²) >= 11 is 0. The van der Waals surface area contributed by atoms with Gasteiger partial charge in [0.2, 0.25) is 0 Å². The third-order valence-corrected chi connectivity index (χ3v) is 3.28. The van der Waals surface area contributed by atoms with E-state index < -0.39 is 5.97 Å². The summed E-state index contributed by atoms with van der Waals surface area (Å²) in [5, 5.41) is 9.11. The molecule has 1 N–H and O–H groups in total. The number of carbonyl (C=O) groups is 2. The SMILES string of the molecule is COc1cc(-c2cccc(C(=O)N(C)C)c2)ccc1C(=O)O. The summed E-state index contributed by atoms with van der Waals surface area (Å²) < 4.78 is 5.13. The van der Waals surface area contributed by atoms with Crippen molar-refractivity contribution in [2.24, 2.45) is 0 Å². The molecular weight excluding hydrogens is 282 g/mol. The fourth-order valence-corrected chi connectivity index (χ4v) is 2.14. The molecule has 0 heterocycles. The molecular formula is C17H17NO4. The molecule has 0 bridgehead atoms. The Balaban J connectivity index is 2.46. The van der Waals surface area contributed by atoms with Crippen LogP contribution in [0.1, 0.15) is 20.7 Å². The number of aromatic carboxylic acids is 1. The van der Waals surface area contributed by atoms with Crippen LogP contribution in [0.15, 0.2) is 42.5 Å². The van der Waals surface area contributed by atoms with Gasteiger partial charge in [-0.2, -0.15) is 0 Å². The number of hydrogen-bond donors (Lipinski definition) is 1. The van der Waals surface area contributed by atoms with E-state index in [0.29, 0.717) is 5.56 Å². The maximum Gasteiger partial charge on any atom is 0.339 e. The molecule has 0 saturated carbocycles. The normalized spacial score (nSPS) is 10.1. The largest absolute Gasteiger partial charge is 0.496 e. The predicted molar refractivity (Wildman–Crippen MR) is 83.4 cm³/mol. The minimum Gasteiger partial charge on any atom is -0.496 e. The van der Waals surface area contributed by atoms with Crippen molar-refractivity contribution in [2.75, 3.05) is 21.2 Å². The van der Waals surface area contributed by atoms with Gasteiger partial charge in [0.1, 0.15) is 11.3 Å². The topological polar surface area (TPSA) is 66.8 Å². The van der Waals surface area contributed by atoms with Gasteiger partial charge in [0.25, 0.3) is 5.91 Å². The zero-order chi connectivity index (χ0) is 16.3. The van der Waals surface area contributed by atoms with Crippen LogP contribution in [0.2, 0.25) is 0 Å². The summed E-state index contributed by atoms with van der Waals surface area (Å²) in [6, 6.07) is 12.0. The van der Waals surface area contributed by atoms with Crippen LogP contribution in [0.5, 0.6) is 5.75 Å². The number of methoxy groups -OCH3 is 1. The average Bonchev–Trinajstić information content (AvgIpc) is 2.53. The van der Waals surface area contributed by atoms with Gasteiger partial charge in [-0.05, 0) is 35.4 Å². The first-order valence-electron chi connectivity index (χ1n) is 6.67. The van der Waals surface area contributed by atoms with E-state index in [2.05, 4.69) is 0 Å². The summed E-state index contributed by atoms with van der Waals surface area (Å²) in [5.74, 6) is -0.842. The Morgan fingerprint density at radius 2 is 1.73 bits per heavy atom. The Kier molecular flexibility index (Phi) is 4.46. The fraction of sp³-hybridized carbons (Fsp3) is 0.176. The Hall–Kier alpha value is -2.82. The molecule has 0 aromatic heterocycles. The minimum absolute atomic E-state index is 0.0871. The van der Waals surface area contributed by atoms with Crippen LogP contribution < -0.4 is 4.74 Å². The number of ether oxygens (including phenoxy) is 1. The Morgan fingerprint density at radius 1 is 1.05 bits per heavy atom. The van der Waals surface area contributed by atoms with Crippen molar-refractivity contribution in [1.82, 2.24) is 4.90 Å². The van der Waals surface area contributed by atoms with Crippen LogP contribution in [-0.2, 0) is 0 Å². The molecule has 0 radical (unpaired) electrons. The summed E-state index contributed by atoms with van der Waals surface area (Å²) in [6.45, 7) is 0. The highest BCUT2D eigenvalue weighted by molar-refractivity contribution is 5.95. The number of benzene rings is 2. The van der Waals surface area contributed by atoms with Crippen molar-refractivity contribution in [1.29, 1.82) is 0 Å². The van der Waals surface area contributed by atoms with Gasteiger partial charge in [-0.25, -0.2) is 4.79 Å². The number of carboxylic acid groups (broad SMARTS) is 1. The molecule has 0 atom stereocenters. The van der Waals surface area contributed by atoms with Gasteiger partial charge in [0.15, 0.2) is 0 Å². The smallest absolute Gasteiger partial charge is 0.339 e. The van der Waals surface area contributed by atoms with E-state index in [1.54, 1.807) is 44.4 Å². The van der Waals surface area contributed by atoms with Gasteiger partial charge in [0.05, 0.1) is 7.11 Å². The molecule has 0 aliphatic rings. The molecule has 0 aliphatic heterocycles. The van der Waals surface area contributed by atoms with Gasteiger partial charge in [-0.1, -0.05) is 18.2 Å². The summed E-state index contributed by atoms with van der Waals surface area (Å²) in [4.78, 5) is 24.6. The van der Waals surface area contributed by atoms with Gasteiger partial charge >= 0.3 is 5.97 Å². The monoisotopic (exact) mass is 299 g/mol. The quantitative estimate of drug-likeness (QED) is 0.942. The van der Waals surface area contributed by atoms with Crippen molar-refractivity contribution in [2.45, 2.75) is 0 Å². The number of carbonyl (C=O) groups excluding carboxylic acids is 1. The lowest BCUT2D eigenvalue weighted by molar-refractivity contribution is 0.0693. The first-order chi connectivity index (χ1) is 10.4. The molecule has 1 amide bonds. The van der Waals surface area contributed by atoms with Crippen molar-refractivity contribution >= 4 is 11.9 Å². The molecule has 22 heavy (non-hydrogen) atoms. The summed E-state index contributed by atoms with van der Waals surface area (Å²) in [5.41, 5.74) is 2.29. The van der Waals surface area contributed by atoms with E-state index in [-0.39, 0.29) is 17.2 Å². The molecule has 5 heteroatoms. The van der Waals surface area contributed by atoms with E-state index >= 15 is 0 Å². The number of hydrogen-bond acceptors (Lipinski definition) is 3. The van der Waals surface area contributed by atoms with Gasteiger partial charge in [0, 0.05) is 19.7 Å². The Bertz CT molecular complexity index is 722. The second-order valence-corrected chi connectivity index (χ2v) is 5.00. The zero-order valence-electron chi connectivity index (χ0n) is 12.7. The second kappa shape index (κ2) is 6.30. The third kappa shape index (κ3) is 3.09. The average molecular weight is 299 g/mol. The number of carboxylic acids is 1. The first-order valence-corrected chi connectivity index (χ1v) is 6.67. The fourth-order valence-electron chi connectivity index (χ4n) is 2.14. The standard InChI is InChI=1S/C17H17NO4/c1-18(2)16(19)13-6-4-5-11(9-13)12-7-8-14(17(20)21)15(10-12)22-3/h4-10H,1-3H3,(H,20,21). The van der Waals surface area contributed by atoms with Crippen LogP contribution in [0, 0.1) is 0 Å². The van der Waals surface area contributed by atoms with E-state index in [0.717, 1.165) is 11.1 Å². The van der Waals surface area contributed by atoms with Crippen molar-refractivity contribution in [3.05, 3.63) is 53.6 Å². The predicted octanol–water partition coefficient (Wildman–Crippen LogP) is 2.76. The molecule has 114 valence electrons. The maximum atomic E-state index is 12.0. The molecule has 2 rings (SSSR count). The van der Waals surface area contributed by atoms with Crippen molar-refractivity contribution in [3.63, 3.8) is 0 Å². The first kappa shape index (κ1) is 15.6. The lowest BCUT2D eigenvalue weighted by Crippen LogP contribution is -2.21. The number of rotatable bonds is 4. The maximum absolute atomic E-state index is 12.0. The molecule has 0 spiro atoms. The van der Waals surface area contributed by atoms with E-state index in [1.165, 1.54) is 18.1 Å². The highest BCUT2D eigenvalue weighted by Crippen LogP contribution is 2.28. The highest BCUT2D eigenvalue weighted by Gasteiger charge is 2.13. The number of nitrogens with zero attached hydrogens (tertiary/aromatic N) is 1. The van der Waals surface area contributed by atoms with Crippen molar-refractivity contribution in [3.8, 4) is 16.9 Å². The van der Waals surface area contributed by atoms with Crippen LogP contribution in [0.4, 0.5) is 0 Å². The van der Waals surface area contributed by atoms with Crippen LogP contribution in [0.25, 0.3) is 11.1 Å². The Morgan fingerprint density at radius 3 is 2.32 bits per heavy atom. The summed E-state index contributed by atoms with van der Waals surface area (Å²) in [7, 11) is 4.82. The van der Waals surface area contributed by atoms with Crippen LogP contribution in [-0.4, -0.2) is 43.1 Å². The van der Waals surface area contributed by atoms with Crippen LogP contribution in [0.3, 0.4) is 0 Å². The molecule has 0 fully saturated rings. The highest BCUT2D eigenvalue weighted by atomic mass is 16.5.